The number of rotatable bonds is 6. The van der Waals surface area contributed by atoms with Crippen LogP contribution in [0.15, 0.2) is 65.0 Å². The van der Waals surface area contributed by atoms with Gasteiger partial charge in [-0.15, -0.1) is 11.3 Å². The molecule has 0 saturated heterocycles. The Morgan fingerprint density at radius 3 is 2.36 bits per heavy atom. The van der Waals surface area contributed by atoms with Crippen LogP contribution in [0.25, 0.3) is 0 Å². The number of hydrogen-bond acceptors (Lipinski definition) is 6. The van der Waals surface area contributed by atoms with E-state index in [4.69, 9.17) is 0 Å². The number of carbonyl (C=O) groups is 2. The second kappa shape index (κ2) is 8.32. The summed E-state index contributed by atoms with van der Waals surface area (Å²) < 4.78 is 24.4. The zero-order chi connectivity index (χ0) is 20.1. The molecular weight excluding hydrogens is 398 g/mol. The molecule has 1 aromatic heterocycles. The fraction of sp³-hybridized carbons (Fsp3) is 0.105. The topological polar surface area (TPSA) is 105 Å². The van der Waals surface area contributed by atoms with Crippen molar-refractivity contribution < 1.29 is 18.0 Å². The third-order valence-corrected chi connectivity index (χ3v) is 6.38. The van der Waals surface area contributed by atoms with Gasteiger partial charge in [-0.25, -0.2) is 13.4 Å². The molecule has 1 heterocycles. The molecule has 28 heavy (non-hydrogen) atoms. The number of amides is 2. The van der Waals surface area contributed by atoms with Gasteiger partial charge in [-0.2, -0.15) is 0 Å². The van der Waals surface area contributed by atoms with Gasteiger partial charge in [0.05, 0.1) is 16.2 Å². The standard InChI is InChI=1S/C19H17N3O4S2/c1-2-28(25,26)16-6-4-3-5-15(16)18(24)21-14-9-7-13(8-10-14)17(23)22-19-20-11-12-27-19/h3-12H,2H2,1H3,(H,21,24)(H,20,22,23). The molecule has 7 nitrogen and oxygen atoms in total. The van der Waals surface area contributed by atoms with Gasteiger partial charge in [0.25, 0.3) is 11.8 Å². The predicted octanol–water partition coefficient (Wildman–Crippen LogP) is 3.44. The molecule has 0 radical (unpaired) electrons. The van der Waals surface area contributed by atoms with Crippen molar-refractivity contribution in [1.82, 2.24) is 4.98 Å². The van der Waals surface area contributed by atoms with Crippen LogP contribution in [0.5, 0.6) is 0 Å². The molecule has 0 unspecified atom stereocenters. The number of nitrogens with zero attached hydrogens (tertiary/aromatic N) is 1. The van der Waals surface area contributed by atoms with Crippen LogP contribution in [0.4, 0.5) is 10.8 Å². The Labute approximate surface area is 166 Å². The first kappa shape index (κ1) is 19.7. The van der Waals surface area contributed by atoms with Crippen LogP contribution in [-0.2, 0) is 9.84 Å². The molecule has 3 rings (SSSR count). The van der Waals surface area contributed by atoms with Crippen LogP contribution < -0.4 is 10.6 Å². The van der Waals surface area contributed by atoms with Crippen LogP contribution in [0.3, 0.4) is 0 Å². The minimum absolute atomic E-state index is 0.00514. The van der Waals surface area contributed by atoms with Crippen LogP contribution in [0.1, 0.15) is 27.6 Å². The second-order valence-electron chi connectivity index (χ2n) is 5.72. The summed E-state index contributed by atoms with van der Waals surface area (Å²) in [7, 11) is -3.53. The average Bonchev–Trinajstić information content (AvgIpc) is 3.21. The molecule has 2 amide bonds. The minimum atomic E-state index is -3.53. The van der Waals surface area contributed by atoms with Gasteiger partial charge in [0.1, 0.15) is 0 Å². The van der Waals surface area contributed by atoms with E-state index in [0.29, 0.717) is 16.4 Å². The third kappa shape index (κ3) is 4.44. The quantitative estimate of drug-likeness (QED) is 0.642. The molecule has 0 aliphatic rings. The lowest BCUT2D eigenvalue weighted by molar-refractivity contribution is 0.101. The lowest BCUT2D eigenvalue weighted by atomic mass is 10.1. The smallest absolute Gasteiger partial charge is 0.257 e. The summed E-state index contributed by atoms with van der Waals surface area (Å²) in [4.78, 5) is 28.7. The zero-order valence-corrected chi connectivity index (χ0v) is 16.5. The van der Waals surface area contributed by atoms with Gasteiger partial charge in [-0.1, -0.05) is 19.1 Å². The first-order valence-electron chi connectivity index (χ1n) is 8.35. The Hall–Kier alpha value is -3.04. The molecule has 0 saturated carbocycles. The van der Waals surface area contributed by atoms with Crippen molar-refractivity contribution in [2.75, 3.05) is 16.4 Å². The highest BCUT2D eigenvalue weighted by molar-refractivity contribution is 7.91. The highest BCUT2D eigenvalue weighted by Gasteiger charge is 2.20. The van der Waals surface area contributed by atoms with E-state index in [1.165, 1.54) is 30.4 Å². The number of thiazole rings is 1. The van der Waals surface area contributed by atoms with Gasteiger partial charge in [0, 0.05) is 22.8 Å². The number of benzene rings is 2. The lowest BCUT2D eigenvalue weighted by Gasteiger charge is -2.10. The van der Waals surface area contributed by atoms with Crippen LogP contribution in [0, 0.1) is 0 Å². The van der Waals surface area contributed by atoms with Gasteiger partial charge in [-0.05, 0) is 36.4 Å². The normalized spacial score (nSPS) is 11.0. The fourth-order valence-electron chi connectivity index (χ4n) is 2.44. The number of sulfone groups is 1. The molecule has 3 aromatic rings. The summed E-state index contributed by atoms with van der Waals surface area (Å²) in [6, 6.07) is 12.3. The van der Waals surface area contributed by atoms with Crippen molar-refractivity contribution in [3.8, 4) is 0 Å². The van der Waals surface area contributed by atoms with E-state index in [0.717, 1.165) is 0 Å². The summed E-state index contributed by atoms with van der Waals surface area (Å²) in [5, 5.41) is 7.58. The van der Waals surface area contributed by atoms with Crippen LogP contribution in [-0.4, -0.2) is 31.0 Å². The molecule has 0 bridgehead atoms. The van der Waals surface area contributed by atoms with Crippen molar-refractivity contribution in [2.45, 2.75) is 11.8 Å². The van der Waals surface area contributed by atoms with Crippen molar-refractivity contribution >= 4 is 43.8 Å². The van der Waals surface area contributed by atoms with E-state index in [-0.39, 0.29) is 22.1 Å². The molecule has 0 fully saturated rings. The fourth-order valence-corrected chi connectivity index (χ4v) is 4.06. The SMILES string of the molecule is CCS(=O)(=O)c1ccccc1C(=O)Nc1ccc(C(=O)Nc2nccs2)cc1. The second-order valence-corrected chi connectivity index (χ2v) is 8.86. The highest BCUT2D eigenvalue weighted by atomic mass is 32.2. The summed E-state index contributed by atoms with van der Waals surface area (Å²) in [6.45, 7) is 1.53. The molecular formula is C19H17N3O4S2. The number of carbonyl (C=O) groups excluding carboxylic acids is 2. The summed E-state index contributed by atoms with van der Waals surface area (Å²) in [6.07, 6.45) is 1.59. The Balaban J connectivity index is 1.74. The number of aromatic nitrogens is 1. The van der Waals surface area contributed by atoms with E-state index < -0.39 is 15.7 Å². The number of hydrogen-bond donors (Lipinski definition) is 2. The van der Waals surface area contributed by atoms with E-state index in [9.17, 15) is 18.0 Å². The number of anilines is 2. The molecule has 9 heteroatoms. The van der Waals surface area contributed by atoms with Crippen molar-refractivity contribution in [3.05, 3.63) is 71.2 Å². The van der Waals surface area contributed by atoms with Crippen molar-refractivity contribution in [1.29, 1.82) is 0 Å². The lowest BCUT2D eigenvalue weighted by Crippen LogP contribution is -2.17. The summed E-state index contributed by atoms with van der Waals surface area (Å²) in [5.41, 5.74) is 0.927. The monoisotopic (exact) mass is 415 g/mol. The van der Waals surface area contributed by atoms with Crippen LogP contribution >= 0.6 is 11.3 Å². The van der Waals surface area contributed by atoms with E-state index in [2.05, 4.69) is 15.6 Å². The predicted molar refractivity (Wildman–Crippen MR) is 109 cm³/mol. The molecule has 0 atom stereocenters. The Morgan fingerprint density at radius 1 is 1.00 bits per heavy atom. The zero-order valence-electron chi connectivity index (χ0n) is 14.9. The summed E-state index contributed by atoms with van der Waals surface area (Å²) >= 11 is 1.31. The first-order valence-corrected chi connectivity index (χ1v) is 10.9. The van der Waals surface area contributed by atoms with Gasteiger partial charge >= 0.3 is 0 Å². The molecule has 0 aliphatic heterocycles. The van der Waals surface area contributed by atoms with Crippen molar-refractivity contribution in [3.63, 3.8) is 0 Å². The number of nitrogens with one attached hydrogen (secondary N) is 2. The maximum absolute atomic E-state index is 12.6. The minimum Gasteiger partial charge on any atom is -0.322 e. The van der Waals surface area contributed by atoms with Gasteiger partial charge < -0.3 is 5.32 Å². The highest BCUT2D eigenvalue weighted by Crippen LogP contribution is 2.19. The Bertz CT molecular complexity index is 1090. The first-order chi connectivity index (χ1) is 13.4. The Morgan fingerprint density at radius 2 is 1.71 bits per heavy atom. The molecule has 2 aromatic carbocycles. The van der Waals surface area contributed by atoms with Gasteiger partial charge in [0.15, 0.2) is 15.0 Å². The van der Waals surface area contributed by atoms with E-state index in [1.807, 2.05) is 0 Å². The molecule has 144 valence electrons. The van der Waals surface area contributed by atoms with E-state index in [1.54, 1.807) is 48.0 Å². The summed E-state index contributed by atoms with van der Waals surface area (Å²) in [5.74, 6) is -0.944. The molecule has 2 N–H and O–H groups in total. The van der Waals surface area contributed by atoms with Gasteiger partial charge in [0.2, 0.25) is 0 Å². The molecule has 0 aliphatic carbocycles. The maximum atomic E-state index is 12.6. The van der Waals surface area contributed by atoms with Crippen LogP contribution in [0.2, 0.25) is 0 Å². The largest absolute Gasteiger partial charge is 0.322 e. The van der Waals surface area contributed by atoms with E-state index >= 15 is 0 Å². The van der Waals surface area contributed by atoms with Gasteiger partial charge in [-0.3, -0.25) is 14.9 Å². The van der Waals surface area contributed by atoms with Crippen molar-refractivity contribution in [2.24, 2.45) is 0 Å². The maximum Gasteiger partial charge on any atom is 0.257 e. The molecule has 0 spiro atoms. The Kier molecular flexibility index (Phi) is 5.86. The third-order valence-electron chi connectivity index (χ3n) is 3.90. The average molecular weight is 415 g/mol.